The Morgan fingerprint density at radius 3 is 2.29 bits per heavy atom. The summed E-state index contributed by atoms with van der Waals surface area (Å²) in [6.45, 7) is 0.493. The second-order valence-corrected chi connectivity index (χ2v) is 7.60. The van der Waals surface area contributed by atoms with Crippen molar-refractivity contribution in [3.63, 3.8) is 0 Å². The first-order valence-electron chi connectivity index (χ1n) is 10.9. The fourth-order valence-corrected chi connectivity index (χ4v) is 3.66. The molecular formula is C27H27N3O4. The molecule has 7 nitrogen and oxygen atoms in total. The Kier molecular flexibility index (Phi) is 7.13. The van der Waals surface area contributed by atoms with Gasteiger partial charge in [-0.05, 0) is 54.4 Å². The number of carbonyl (C=O) groups is 1. The Balaban J connectivity index is 1.60. The number of nitrogens with one attached hydrogen (secondary N) is 1. The van der Waals surface area contributed by atoms with E-state index in [2.05, 4.69) is 5.32 Å². The number of rotatable bonds is 9. The number of nitrogens with zero attached hydrogens (tertiary/aromatic N) is 2. The van der Waals surface area contributed by atoms with Gasteiger partial charge < -0.3 is 19.5 Å². The van der Waals surface area contributed by atoms with Crippen molar-refractivity contribution >= 4 is 5.91 Å². The van der Waals surface area contributed by atoms with Crippen LogP contribution < -0.4 is 19.5 Å². The molecule has 0 aliphatic heterocycles. The lowest BCUT2D eigenvalue weighted by atomic mass is 10.1. The van der Waals surface area contributed by atoms with Crippen LogP contribution in [0.3, 0.4) is 0 Å². The van der Waals surface area contributed by atoms with E-state index in [0.717, 1.165) is 22.6 Å². The Morgan fingerprint density at radius 2 is 1.62 bits per heavy atom. The maximum absolute atomic E-state index is 13.2. The van der Waals surface area contributed by atoms with E-state index in [4.69, 9.17) is 19.3 Å². The van der Waals surface area contributed by atoms with Gasteiger partial charge in [0, 0.05) is 18.3 Å². The molecule has 3 aromatic carbocycles. The zero-order chi connectivity index (χ0) is 23.9. The van der Waals surface area contributed by atoms with Gasteiger partial charge in [-0.1, -0.05) is 30.3 Å². The van der Waals surface area contributed by atoms with Crippen molar-refractivity contribution in [1.29, 1.82) is 0 Å². The van der Waals surface area contributed by atoms with Gasteiger partial charge in [-0.15, -0.1) is 0 Å². The number of aromatic nitrogens is 2. The first-order valence-corrected chi connectivity index (χ1v) is 10.9. The summed E-state index contributed by atoms with van der Waals surface area (Å²) < 4.78 is 17.7. The zero-order valence-corrected chi connectivity index (χ0v) is 19.4. The average Bonchev–Trinajstić information content (AvgIpc) is 3.35. The lowest BCUT2D eigenvalue weighted by Gasteiger charge is -2.10. The Morgan fingerprint density at radius 1 is 0.882 bits per heavy atom. The van der Waals surface area contributed by atoms with E-state index >= 15 is 0 Å². The fraction of sp³-hybridized carbons (Fsp3) is 0.185. The van der Waals surface area contributed by atoms with Crippen LogP contribution in [0, 0.1) is 0 Å². The number of ether oxygens (including phenoxy) is 3. The van der Waals surface area contributed by atoms with E-state index < -0.39 is 0 Å². The van der Waals surface area contributed by atoms with Gasteiger partial charge in [0.2, 0.25) is 0 Å². The van der Waals surface area contributed by atoms with Gasteiger partial charge in [-0.2, -0.15) is 5.10 Å². The molecular weight excluding hydrogens is 430 g/mol. The third kappa shape index (κ3) is 5.04. The van der Waals surface area contributed by atoms with Crippen LogP contribution in [0.25, 0.3) is 16.9 Å². The van der Waals surface area contributed by atoms with Crippen LogP contribution >= 0.6 is 0 Å². The third-order valence-electron chi connectivity index (χ3n) is 5.49. The van der Waals surface area contributed by atoms with Gasteiger partial charge in [0.1, 0.15) is 11.4 Å². The molecule has 0 bridgehead atoms. The molecule has 1 heterocycles. The van der Waals surface area contributed by atoms with Gasteiger partial charge in [-0.3, -0.25) is 4.79 Å². The van der Waals surface area contributed by atoms with Crippen molar-refractivity contribution in [2.75, 3.05) is 27.9 Å². The maximum atomic E-state index is 13.2. The first-order chi connectivity index (χ1) is 16.6. The summed E-state index contributed by atoms with van der Waals surface area (Å²) in [4.78, 5) is 13.2. The van der Waals surface area contributed by atoms with Crippen molar-refractivity contribution < 1.29 is 19.0 Å². The molecule has 0 unspecified atom stereocenters. The molecule has 174 valence electrons. The van der Waals surface area contributed by atoms with Crippen LogP contribution in [0.4, 0.5) is 0 Å². The van der Waals surface area contributed by atoms with E-state index in [1.54, 1.807) is 38.3 Å². The number of carbonyl (C=O) groups excluding carboxylic acids is 1. The van der Waals surface area contributed by atoms with Gasteiger partial charge in [0.15, 0.2) is 11.5 Å². The average molecular weight is 458 g/mol. The summed E-state index contributed by atoms with van der Waals surface area (Å²) in [6.07, 6.45) is 2.46. The summed E-state index contributed by atoms with van der Waals surface area (Å²) in [6, 6.07) is 23.0. The molecule has 4 aromatic rings. The quantitative estimate of drug-likeness (QED) is 0.400. The van der Waals surface area contributed by atoms with E-state index in [0.29, 0.717) is 35.7 Å². The number of methoxy groups -OCH3 is 3. The molecule has 0 fully saturated rings. The molecule has 0 saturated heterocycles. The van der Waals surface area contributed by atoms with Crippen molar-refractivity contribution in [2.24, 2.45) is 0 Å². The zero-order valence-electron chi connectivity index (χ0n) is 19.4. The van der Waals surface area contributed by atoms with Crippen LogP contribution in [0.15, 0.2) is 79.0 Å². The van der Waals surface area contributed by atoms with E-state index in [1.165, 1.54) is 0 Å². The van der Waals surface area contributed by atoms with Crippen molar-refractivity contribution in [3.05, 3.63) is 90.1 Å². The Labute approximate surface area is 198 Å². The smallest absolute Gasteiger partial charge is 0.255 e. The highest BCUT2D eigenvalue weighted by molar-refractivity contribution is 6.00. The summed E-state index contributed by atoms with van der Waals surface area (Å²) in [5, 5.41) is 7.76. The van der Waals surface area contributed by atoms with E-state index in [9.17, 15) is 4.79 Å². The van der Waals surface area contributed by atoms with Gasteiger partial charge in [0.05, 0.1) is 32.6 Å². The third-order valence-corrected chi connectivity index (χ3v) is 5.49. The standard InChI is InChI=1S/C27H27N3O4/c1-32-22-12-9-19(10-13-22)15-16-28-27(31)23-18-30(21-7-5-4-6-8-21)29-26(23)20-11-14-24(33-2)25(17-20)34-3/h4-14,17-18H,15-16H2,1-3H3,(H,28,31). The Bertz CT molecular complexity index is 1250. The molecule has 0 radical (unpaired) electrons. The van der Waals surface area contributed by atoms with Crippen LogP contribution in [-0.2, 0) is 6.42 Å². The van der Waals surface area contributed by atoms with Crippen molar-refractivity contribution in [1.82, 2.24) is 15.1 Å². The van der Waals surface area contributed by atoms with E-state index in [-0.39, 0.29) is 5.91 Å². The SMILES string of the molecule is COc1ccc(CCNC(=O)c2cn(-c3ccccc3)nc2-c2ccc(OC)c(OC)c2)cc1. The number of hydrogen-bond acceptors (Lipinski definition) is 5. The number of benzene rings is 3. The summed E-state index contributed by atoms with van der Waals surface area (Å²) in [5.41, 5.74) is 3.77. The highest BCUT2D eigenvalue weighted by Gasteiger charge is 2.20. The molecule has 1 N–H and O–H groups in total. The lowest BCUT2D eigenvalue weighted by Crippen LogP contribution is -2.25. The molecule has 4 rings (SSSR count). The molecule has 1 aromatic heterocycles. The molecule has 0 aliphatic carbocycles. The summed E-state index contributed by atoms with van der Waals surface area (Å²) in [7, 11) is 4.81. The first kappa shape index (κ1) is 22.9. The number of para-hydroxylation sites is 1. The summed E-state index contributed by atoms with van der Waals surface area (Å²) >= 11 is 0. The van der Waals surface area contributed by atoms with Crippen molar-refractivity contribution in [3.8, 4) is 34.2 Å². The minimum atomic E-state index is -0.194. The van der Waals surface area contributed by atoms with Crippen molar-refractivity contribution in [2.45, 2.75) is 6.42 Å². The largest absolute Gasteiger partial charge is 0.497 e. The normalized spacial score (nSPS) is 10.6. The number of amides is 1. The molecule has 34 heavy (non-hydrogen) atoms. The molecule has 0 atom stereocenters. The van der Waals surface area contributed by atoms with Crippen LogP contribution in [0.1, 0.15) is 15.9 Å². The van der Waals surface area contributed by atoms with Crippen LogP contribution in [-0.4, -0.2) is 43.6 Å². The highest BCUT2D eigenvalue weighted by atomic mass is 16.5. The minimum Gasteiger partial charge on any atom is -0.497 e. The van der Waals surface area contributed by atoms with Crippen LogP contribution in [0.5, 0.6) is 17.2 Å². The van der Waals surface area contributed by atoms with Gasteiger partial charge in [-0.25, -0.2) is 4.68 Å². The minimum absolute atomic E-state index is 0.194. The molecule has 0 aliphatic rings. The van der Waals surface area contributed by atoms with Crippen LogP contribution in [0.2, 0.25) is 0 Å². The highest BCUT2D eigenvalue weighted by Crippen LogP contribution is 2.33. The lowest BCUT2D eigenvalue weighted by molar-refractivity contribution is 0.0954. The second kappa shape index (κ2) is 10.6. The summed E-state index contributed by atoms with van der Waals surface area (Å²) in [5.74, 6) is 1.79. The predicted octanol–water partition coefficient (Wildman–Crippen LogP) is 4.54. The Hall–Kier alpha value is -4.26. The predicted molar refractivity (Wildman–Crippen MR) is 131 cm³/mol. The topological polar surface area (TPSA) is 74.6 Å². The fourth-order valence-electron chi connectivity index (χ4n) is 3.66. The van der Waals surface area contributed by atoms with Gasteiger partial charge in [0.25, 0.3) is 5.91 Å². The van der Waals surface area contributed by atoms with Gasteiger partial charge >= 0.3 is 0 Å². The molecule has 1 amide bonds. The van der Waals surface area contributed by atoms with E-state index in [1.807, 2.05) is 66.7 Å². The molecule has 0 spiro atoms. The monoisotopic (exact) mass is 457 g/mol. The maximum Gasteiger partial charge on any atom is 0.255 e. The molecule has 0 saturated carbocycles. The molecule has 7 heteroatoms. The number of hydrogen-bond donors (Lipinski definition) is 1. The second-order valence-electron chi connectivity index (χ2n) is 7.60.